The third kappa shape index (κ3) is 3.83. The highest BCUT2D eigenvalue weighted by Gasteiger charge is 2.37. The predicted octanol–water partition coefficient (Wildman–Crippen LogP) is 2.73. The maximum atomic E-state index is 12.7. The van der Waals surface area contributed by atoms with E-state index >= 15 is 0 Å². The number of carbonyl (C=O) groups is 3. The highest BCUT2D eigenvalue weighted by atomic mass is 16.5. The molecule has 146 valence electrons. The van der Waals surface area contributed by atoms with Crippen molar-refractivity contribution in [3.8, 4) is 5.75 Å². The number of aromatic hydroxyl groups is 1. The van der Waals surface area contributed by atoms with Crippen molar-refractivity contribution in [3.63, 3.8) is 0 Å². The summed E-state index contributed by atoms with van der Waals surface area (Å²) in [5, 5.41) is 12.8. The van der Waals surface area contributed by atoms with Gasteiger partial charge in [-0.15, -0.1) is 0 Å². The monoisotopic (exact) mass is 382 g/mol. The van der Waals surface area contributed by atoms with E-state index in [1.54, 1.807) is 4.90 Å². The van der Waals surface area contributed by atoms with E-state index in [9.17, 15) is 19.5 Å². The second kappa shape index (κ2) is 8.12. The lowest BCUT2D eigenvalue weighted by molar-refractivity contribution is -0.129. The highest BCUT2D eigenvalue weighted by molar-refractivity contribution is 6.01. The van der Waals surface area contributed by atoms with Gasteiger partial charge in [0.05, 0.1) is 24.8 Å². The van der Waals surface area contributed by atoms with Gasteiger partial charge >= 0.3 is 5.97 Å². The van der Waals surface area contributed by atoms with Crippen LogP contribution in [0.2, 0.25) is 0 Å². The summed E-state index contributed by atoms with van der Waals surface area (Å²) in [7, 11) is 1.21. The van der Waals surface area contributed by atoms with Gasteiger partial charge in [0.1, 0.15) is 5.56 Å². The molecule has 0 bridgehead atoms. The van der Waals surface area contributed by atoms with Crippen molar-refractivity contribution in [1.82, 2.24) is 4.90 Å². The molecule has 1 aliphatic rings. The smallest absolute Gasteiger partial charge is 0.341 e. The number of phenolic OH excluding ortho intramolecular Hbond substituents is 1. The van der Waals surface area contributed by atoms with Gasteiger partial charge in [0.15, 0.2) is 5.75 Å². The molecule has 1 aliphatic heterocycles. The topological polar surface area (TPSA) is 95.9 Å². The SMILES string of the molecule is COC(=O)c1cccc(NC(=O)C2CC(=O)N(C(C)c3ccccc3)C2)c1O. The first-order valence-electron chi connectivity index (χ1n) is 8.98. The normalized spacial score (nSPS) is 17.3. The minimum atomic E-state index is -0.701. The van der Waals surface area contributed by atoms with Crippen molar-refractivity contribution >= 4 is 23.5 Å². The number of ether oxygens (including phenoxy) is 1. The Balaban J connectivity index is 1.71. The first-order chi connectivity index (χ1) is 13.4. The van der Waals surface area contributed by atoms with Gasteiger partial charge < -0.3 is 20.1 Å². The van der Waals surface area contributed by atoms with Gasteiger partial charge in [-0.25, -0.2) is 4.79 Å². The second-order valence-electron chi connectivity index (χ2n) is 6.72. The molecule has 1 saturated heterocycles. The fourth-order valence-electron chi connectivity index (χ4n) is 3.35. The fraction of sp³-hybridized carbons (Fsp3) is 0.286. The summed E-state index contributed by atoms with van der Waals surface area (Å²) in [5.41, 5.74) is 1.07. The largest absolute Gasteiger partial charge is 0.505 e. The summed E-state index contributed by atoms with van der Waals surface area (Å²) >= 11 is 0. The summed E-state index contributed by atoms with van der Waals surface area (Å²) in [6.07, 6.45) is 0.0977. The number of para-hydroxylation sites is 1. The average molecular weight is 382 g/mol. The maximum Gasteiger partial charge on any atom is 0.341 e. The minimum Gasteiger partial charge on any atom is -0.505 e. The average Bonchev–Trinajstić information content (AvgIpc) is 3.11. The van der Waals surface area contributed by atoms with E-state index < -0.39 is 11.9 Å². The molecule has 2 unspecified atom stereocenters. The highest BCUT2D eigenvalue weighted by Crippen LogP contribution is 2.31. The van der Waals surface area contributed by atoms with Crippen LogP contribution in [0.15, 0.2) is 48.5 Å². The van der Waals surface area contributed by atoms with Crippen LogP contribution >= 0.6 is 0 Å². The lowest BCUT2D eigenvalue weighted by Gasteiger charge is -2.25. The predicted molar refractivity (Wildman–Crippen MR) is 103 cm³/mol. The van der Waals surface area contributed by atoms with Crippen LogP contribution in [0.25, 0.3) is 0 Å². The molecular weight excluding hydrogens is 360 g/mol. The Morgan fingerprint density at radius 1 is 1.18 bits per heavy atom. The van der Waals surface area contributed by atoms with Crippen LogP contribution in [0.4, 0.5) is 5.69 Å². The third-order valence-corrected chi connectivity index (χ3v) is 4.98. The maximum absolute atomic E-state index is 12.7. The number of rotatable bonds is 5. The van der Waals surface area contributed by atoms with Gasteiger partial charge in [-0.1, -0.05) is 36.4 Å². The van der Waals surface area contributed by atoms with Gasteiger partial charge in [-0.05, 0) is 24.6 Å². The van der Waals surface area contributed by atoms with E-state index in [0.29, 0.717) is 0 Å². The molecule has 0 aliphatic carbocycles. The molecule has 0 radical (unpaired) electrons. The fourth-order valence-corrected chi connectivity index (χ4v) is 3.35. The number of phenols is 1. The van der Waals surface area contributed by atoms with Crippen molar-refractivity contribution < 1.29 is 24.2 Å². The van der Waals surface area contributed by atoms with E-state index in [1.807, 2.05) is 37.3 Å². The minimum absolute atomic E-state index is 0.0397. The third-order valence-electron chi connectivity index (χ3n) is 4.98. The Labute approximate surface area is 162 Å². The van der Waals surface area contributed by atoms with Gasteiger partial charge in [-0.2, -0.15) is 0 Å². The summed E-state index contributed by atoms with van der Waals surface area (Å²) in [5.74, 6) is -2.08. The number of likely N-dealkylation sites (tertiary alicyclic amines) is 1. The molecule has 2 aromatic carbocycles. The zero-order chi connectivity index (χ0) is 20.3. The van der Waals surface area contributed by atoms with Gasteiger partial charge in [0, 0.05) is 13.0 Å². The van der Waals surface area contributed by atoms with Crippen LogP contribution in [0.3, 0.4) is 0 Å². The van der Waals surface area contributed by atoms with E-state index in [-0.39, 0.29) is 47.8 Å². The number of methoxy groups -OCH3 is 1. The molecule has 1 fully saturated rings. The van der Waals surface area contributed by atoms with Gasteiger partial charge in [0.2, 0.25) is 11.8 Å². The van der Waals surface area contributed by atoms with Crippen LogP contribution in [0.5, 0.6) is 5.75 Å². The Morgan fingerprint density at radius 2 is 1.89 bits per heavy atom. The quantitative estimate of drug-likeness (QED) is 0.612. The van der Waals surface area contributed by atoms with E-state index in [0.717, 1.165) is 5.56 Å². The Morgan fingerprint density at radius 3 is 2.57 bits per heavy atom. The van der Waals surface area contributed by atoms with E-state index in [2.05, 4.69) is 10.1 Å². The zero-order valence-corrected chi connectivity index (χ0v) is 15.7. The van der Waals surface area contributed by atoms with Crippen molar-refractivity contribution in [2.24, 2.45) is 5.92 Å². The van der Waals surface area contributed by atoms with Crippen LogP contribution in [0, 0.1) is 5.92 Å². The molecule has 0 aromatic heterocycles. The molecule has 2 atom stereocenters. The molecule has 28 heavy (non-hydrogen) atoms. The molecule has 2 amide bonds. The van der Waals surface area contributed by atoms with Crippen LogP contribution in [-0.4, -0.2) is 41.4 Å². The zero-order valence-electron chi connectivity index (χ0n) is 15.7. The van der Waals surface area contributed by atoms with Gasteiger partial charge in [0.25, 0.3) is 0 Å². The number of amides is 2. The number of nitrogens with one attached hydrogen (secondary N) is 1. The molecule has 7 heteroatoms. The molecule has 0 spiro atoms. The number of hydrogen-bond acceptors (Lipinski definition) is 5. The summed E-state index contributed by atoms with van der Waals surface area (Å²) in [4.78, 5) is 38.5. The molecule has 3 rings (SSSR count). The first-order valence-corrected chi connectivity index (χ1v) is 8.98. The molecule has 0 saturated carbocycles. The Hall–Kier alpha value is -3.35. The Bertz CT molecular complexity index is 897. The number of hydrogen-bond donors (Lipinski definition) is 2. The number of carbonyl (C=O) groups excluding carboxylic acids is 3. The number of benzene rings is 2. The van der Waals surface area contributed by atoms with Crippen LogP contribution in [-0.2, 0) is 14.3 Å². The second-order valence-corrected chi connectivity index (χ2v) is 6.72. The number of anilines is 1. The Kier molecular flexibility index (Phi) is 5.63. The van der Waals surface area contributed by atoms with E-state index in [4.69, 9.17) is 0 Å². The standard InChI is InChI=1S/C21H22N2O5/c1-13(14-7-4-3-5-8-14)23-12-15(11-18(23)24)20(26)22-17-10-6-9-16(19(17)25)21(27)28-2/h3-10,13,15,25H,11-12H2,1-2H3,(H,22,26). The van der Waals surface area contributed by atoms with Crippen molar-refractivity contribution in [2.75, 3.05) is 19.0 Å². The summed E-state index contributed by atoms with van der Waals surface area (Å²) < 4.78 is 4.61. The van der Waals surface area contributed by atoms with Crippen LogP contribution in [0.1, 0.15) is 35.3 Å². The number of nitrogens with zero attached hydrogens (tertiary/aromatic N) is 1. The first kappa shape index (κ1) is 19.4. The summed E-state index contributed by atoms with van der Waals surface area (Å²) in [6, 6.07) is 13.9. The van der Waals surface area contributed by atoms with E-state index in [1.165, 1.54) is 25.3 Å². The van der Waals surface area contributed by atoms with Crippen molar-refractivity contribution in [3.05, 3.63) is 59.7 Å². The summed E-state index contributed by atoms with van der Waals surface area (Å²) in [6.45, 7) is 2.22. The van der Waals surface area contributed by atoms with Gasteiger partial charge in [-0.3, -0.25) is 9.59 Å². The molecular formula is C21H22N2O5. The van der Waals surface area contributed by atoms with Crippen LogP contribution < -0.4 is 5.32 Å². The number of esters is 1. The molecule has 2 aromatic rings. The van der Waals surface area contributed by atoms with Crippen molar-refractivity contribution in [1.29, 1.82) is 0 Å². The lowest BCUT2D eigenvalue weighted by Crippen LogP contribution is -2.30. The molecule has 1 heterocycles. The lowest BCUT2D eigenvalue weighted by atomic mass is 10.1. The van der Waals surface area contributed by atoms with Crippen molar-refractivity contribution in [2.45, 2.75) is 19.4 Å². The molecule has 7 nitrogen and oxygen atoms in total. The molecule has 2 N–H and O–H groups in total.